The minimum Gasteiger partial charge on any atom is -0.399 e. The Labute approximate surface area is 184 Å². The number of rotatable bonds is 9. The first-order valence-electron chi connectivity index (χ1n) is 8.65. The maximum atomic E-state index is 12.4. The Morgan fingerprint density at radius 2 is 2.20 bits per heavy atom. The van der Waals surface area contributed by atoms with E-state index in [0.29, 0.717) is 17.9 Å². The van der Waals surface area contributed by atoms with Crippen LogP contribution in [0.3, 0.4) is 0 Å². The lowest BCUT2D eigenvalue weighted by Crippen LogP contribution is -2.38. The van der Waals surface area contributed by atoms with Crippen molar-refractivity contribution in [1.29, 1.82) is 0 Å². The molecule has 0 aliphatic heterocycles. The fourth-order valence-corrected chi connectivity index (χ4v) is 4.18. The zero-order valence-electron chi connectivity index (χ0n) is 16.1. The van der Waals surface area contributed by atoms with Crippen LogP contribution in [0.2, 0.25) is 5.15 Å². The highest BCUT2D eigenvalue weighted by molar-refractivity contribution is 7.87. The van der Waals surface area contributed by atoms with Gasteiger partial charge in [0, 0.05) is 29.3 Å². The van der Waals surface area contributed by atoms with Gasteiger partial charge in [0.05, 0.1) is 30.3 Å². The van der Waals surface area contributed by atoms with Gasteiger partial charge in [0.15, 0.2) is 5.15 Å². The Morgan fingerprint density at radius 3 is 2.77 bits per heavy atom. The van der Waals surface area contributed by atoms with Gasteiger partial charge in [-0.15, -0.1) is 0 Å². The molecule has 2 aromatic rings. The molecule has 164 valence electrons. The summed E-state index contributed by atoms with van der Waals surface area (Å²) >= 11 is 11.7. The lowest BCUT2D eigenvalue weighted by atomic mass is 10.3. The van der Waals surface area contributed by atoms with Gasteiger partial charge in [-0.3, -0.25) is 9.19 Å². The first-order valence-corrected chi connectivity index (χ1v) is 10.9. The van der Waals surface area contributed by atoms with Crippen molar-refractivity contribution < 1.29 is 22.2 Å². The molecule has 1 unspecified atom stereocenters. The lowest BCUT2D eigenvalue weighted by Gasteiger charge is -2.23. The SMILES string of the molecule is CCN(C(=S)/C(CS(=O)CCC(F)(F)F)=N\OC)c1cn(-c2cccnc2)nc1Cl. The van der Waals surface area contributed by atoms with E-state index in [1.165, 1.54) is 11.8 Å². The van der Waals surface area contributed by atoms with E-state index >= 15 is 0 Å². The van der Waals surface area contributed by atoms with E-state index in [9.17, 15) is 17.4 Å². The van der Waals surface area contributed by atoms with Crippen molar-refractivity contribution in [1.82, 2.24) is 14.8 Å². The first kappa shape index (κ1) is 24.2. The van der Waals surface area contributed by atoms with E-state index in [0.717, 1.165) is 0 Å². The average molecular weight is 482 g/mol. The van der Waals surface area contributed by atoms with E-state index in [2.05, 4.69) is 15.2 Å². The molecule has 7 nitrogen and oxygen atoms in total. The van der Waals surface area contributed by atoms with Gasteiger partial charge in [0.2, 0.25) is 0 Å². The number of hydrogen-bond acceptors (Lipinski definition) is 6. The van der Waals surface area contributed by atoms with E-state index in [-0.39, 0.29) is 21.6 Å². The summed E-state index contributed by atoms with van der Waals surface area (Å²) in [6, 6.07) is 3.53. The van der Waals surface area contributed by atoms with E-state index in [1.54, 1.807) is 42.5 Å². The monoisotopic (exact) mass is 481 g/mol. The van der Waals surface area contributed by atoms with Crippen molar-refractivity contribution in [3.63, 3.8) is 0 Å². The first-order chi connectivity index (χ1) is 14.2. The van der Waals surface area contributed by atoms with Gasteiger partial charge in [0.1, 0.15) is 23.5 Å². The highest BCUT2D eigenvalue weighted by Gasteiger charge is 2.29. The average Bonchev–Trinajstić information content (AvgIpc) is 3.08. The molecular formula is C17H19ClF3N5O2S2. The molecule has 0 saturated heterocycles. The summed E-state index contributed by atoms with van der Waals surface area (Å²) < 4.78 is 50.8. The molecule has 1 atom stereocenters. The van der Waals surface area contributed by atoms with Crippen LogP contribution in [0.5, 0.6) is 0 Å². The molecule has 2 aromatic heterocycles. The number of alkyl halides is 3. The van der Waals surface area contributed by atoms with Gasteiger partial charge in [-0.2, -0.15) is 18.3 Å². The molecule has 0 amide bonds. The highest BCUT2D eigenvalue weighted by atomic mass is 35.5. The van der Waals surface area contributed by atoms with Crippen molar-refractivity contribution in [2.24, 2.45) is 5.16 Å². The standard InChI is InChI=1S/C17H19ClF3N5O2S2/c1-3-25(14-10-26(23-15(14)18)12-5-4-7-22-9-12)16(29)13(24-28-2)11-30(27)8-6-17(19,20)21/h4-5,7,9-10H,3,6,8,11H2,1-2H3/b24-13-. The topological polar surface area (TPSA) is 72.6 Å². The second kappa shape index (κ2) is 10.8. The van der Waals surface area contributed by atoms with Crippen LogP contribution < -0.4 is 4.90 Å². The molecule has 0 aromatic carbocycles. The van der Waals surface area contributed by atoms with Crippen LogP contribution in [0.25, 0.3) is 5.69 Å². The van der Waals surface area contributed by atoms with Crippen molar-refractivity contribution in [3.05, 3.63) is 35.9 Å². The second-order valence-corrected chi connectivity index (χ2v) is 8.21. The summed E-state index contributed by atoms with van der Waals surface area (Å²) in [4.78, 5) is 10.5. The highest BCUT2D eigenvalue weighted by Crippen LogP contribution is 2.27. The molecule has 0 aliphatic rings. The molecule has 2 heterocycles. The van der Waals surface area contributed by atoms with Crippen LogP contribution >= 0.6 is 23.8 Å². The van der Waals surface area contributed by atoms with Crippen molar-refractivity contribution >= 4 is 51.0 Å². The number of anilines is 1. The van der Waals surface area contributed by atoms with Gasteiger partial charge >= 0.3 is 6.18 Å². The second-order valence-electron chi connectivity index (χ2n) is 5.88. The molecular weight excluding hydrogens is 463 g/mol. The fraction of sp³-hybridized carbons (Fsp3) is 0.412. The number of thiocarbonyl (C=S) groups is 1. The summed E-state index contributed by atoms with van der Waals surface area (Å²) in [7, 11) is -0.562. The van der Waals surface area contributed by atoms with Gasteiger partial charge in [-0.1, -0.05) is 29.0 Å². The van der Waals surface area contributed by atoms with E-state index in [1.807, 2.05) is 0 Å². The molecule has 0 bridgehead atoms. The van der Waals surface area contributed by atoms with Crippen molar-refractivity contribution in [3.8, 4) is 5.69 Å². The maximum absolute atomic E-state index is 12.4. The quantitative estimate of drug-likeness (QED) is 0.308. The number of pyridine rings is 1. The number of oxime groups is 1. The summed E-state index contributed by atoms with van der Waals surface area (Å²) in [6.07, 6.45) is -0.689. The Kier molecular flexibility index (Phi) is 8.74. The minimum atomic E-state index is -4.39. The summed E-state index contributed by atoms with van der Waals surface area (Å²) in [5.74, 6) is -0.839. The predicted molar refractivity (Wildman–Crippen MR) is 115 cm³/mol. The predicted octanol–water partition coefficient (Wildman–Crippen LogP) is 3.78. The van der Waals surface area contributed by atoms with Gasteiger partial charge in [-0.25, -0.2) is 4.68 Å². The largest absolute Gasteiger partial charge is 0.399 e. The number of nitrogens with zero attached hydrogens (tertiary/aromatic N) is 5. The maximum Gasteiger partial charge on any atom is 0.390 e. The molecule has 0 saturated carbocycles. The number of aromatic nitrogens is 3. The summed E-state index contributed by atoms with van der Waals surface area (Å²) in [5, 5.41) is 8.17. The van der Waals surface area contributed by atoms with E-state index < -0.39 is 29.1 Å². The number of hydrogen-bond donors (Lipinski definition) is 0. The third kappa shape index (κ3) is 6.74. The Balaban J connectivity index is 2.23. The smallest absolute Gasteiger partial charge is 0.390 e. The minimum absolute atomic E-state index is 0.0834. The Morgan fingerprint density at radius 1 is 1.47 bits per heavy atom. The third-order valence-electron chi connectivity index (χ3n) is 3.77. The lowest BCUT2D eigenvalue weighted by molar-refractivity contribution is -0.129. The normalized spacial score (nSPS) is 13.2. The van der Waals surface area contributed by atoms with Crippen LogP contribution in [-0.2, 0) is 15.6 Å². The van der Waals surface area contributed by atoms with Crippen molar-refractivity contribution in [2.75, 3.05) is 30.1 Å². The third-order valence-corrected chi connectivity index (χ3v) is 5.75. The van der Waals surface area contributed by atoms with Crippen LogP contribution in [0, 0.1) is 0 Å². The van der Waals surface area contributed by atoms with E-state index in [4.69, 9.17) is 28.7 Å². The summed E-state index contributed by atoms with van der Waals surface area (Å²) in [5.41, 5.74) is 1.21. The molecule has 0 radical (unpaired) electrons. The molecule has 0 fully saturated rings. The van der Waals surface area contributed by atoms with Crippen LogP contribution in [-0.4, -0.2) is 61.0 Å². The van der Waals surface area contributed by atoms with Crippen LogP contribution in [0.1, 0.15) is 13.3 Å². The van der Waals surface area contributed by atoms with Crippen molar-refractivity contribution in [2.45, 2.75) is 19.5 Å². The number of halogens is 4. The Hall–Kier alpha value is -2.05. The Bertz CT molecular complexity index is 922. The van der Waals surface area contributed by atoms with Crippen LogP contribution in [0.4, 0.5) is 18.9 Å². The molecule has 13 heteroatoms. The zero-order valence-corrected chi connectivity index (χ0v) is 18.5. The van der Waals surface area contributed by atoms with Gasteiger partial charge in [-0.05, 0) is 19.1 Å². The van der Waals surface area contributed by atoms with Gasteiger partial charge in [0.25, 0.3) is 0 Å². The molecule has 30 heavy (non-hydrogen) atoms. The molecule has 0 aliphatic carbocycles. The molecule has 0 N–H and O–H groups in total. The fourth-order valence-electron chi connectivity index (χ4n) is 2.42. The zero-order chi connectivity index (χ0) is 22.3. The molecule has 2 rings (SSSR count). The van der Waals surface area contributed by atoms with Gasteiger partial charge < -0.3 is 9.74 Å². The molecule has 0 spiro atoms. The summed E-state index contributed by atoms with van der Waals surface area (Å²) in [6.45, 7) is 2.16. The van der Waals surface area contributed by atoms with Crippen LogP contribution in [0.15, 0.2) is 35.9 Å².